The molecule has 3 aromatic rings. The third-order valence-corrected chi connectivity index (χ3v) is 6.94. The number of aromatic nitrogens is 1. The number of anilines is 1. The van der Waals surface area contributed by atoms with Gasteiger partial charge in [0, 0.05) is 43.2 Å². The third kappa shape index (κ3) is 5.46. The van der Waals surface area contributed by atoms with Crippen molar-refractivity contribution in [1.29, 1.82) is 0 Å². The lowest BCUT2D eigenvalue weighted by Crippen LogP contribution is -2.22. The molecule has 0 radical (unpaired) electrons. The van der Waals surface area contributed by atoms with Crippen molar-refractivity contribution in [3.8, 4) is 11.3 Å². The van der Waals surface area contributed by atoms with Gasteiger partial charge in [0.15, 0.2) is 11.7 Å². The molecule has 31 heavy (non-hydrogen) atoms. The lowest BCUT2D eigenvalue weighted by Gasteiger charge is -2.14. The second-order valence-corrected chi connectivity index (χ2v) is 10.1. The van der Waals surface area contributed by atoms with Crippen LogP contribution in [-0.4, -0.2) is 37.7 Å². The number of benzene rings is 2. The van der Waals surface area contributed by atoms with Gasteiger partial charge in [0.1, 0.15) is 0 Å². The van der Waals surface area contributed by atoms with Crippen LogP contribution in [-0.2, 0) is 21.2 Å². The molecule has 7 nitrogen and oxygen atoms in total. The van der Waals surface area contributed by atoms with Crippen LogP contribution >= 0.6 is 23.2 Å². The molecule has 0 aliphatic heterocycles. The highest BCUT2D eigenvalue weighted by molar-refractivity contribution is 7.89. The number of halogens is 2. The van der Waals surface area contributed by atoms with Crippen LogP contribution in [0.1, 0.15) is 17.9 Å². The molecule has 0 spiro atoms. The summed E-state index contributed by atoms with van der Waals surface area (Å²) in [6.07, 6.45) is 1.92. The summed E-state index contributed by atoms with van der Waals surface area (Å²) in [5.74, 6) is 0.582. The summed E-state index contributed by atoms with van der Waals surface area (Å²) in [5.41, 5.74) is 1.85. The van der Waals surface area contributed by atoms with E-state index in [2.05, 4.69) is 10.3 Å². The van der Waals surface area contributed by atoms with Crippen LogP contribution in [0.5, 0.6) is 0 Å². The molecule has 0 atom stereocenters. The van der Waals surface area contributed by atoms with Crippen molar-refractivity contribution in [2.45, 2.75) is 24.7 Å². The van der Waals surface area contributed by atoms with E-state index in [1.807, 2.05) is 0 Å². The first kappa shape index (κ1) is 23.3. The monoisotopic (exact) mass is 481 g/mol. The van der Waals surface area contributed by atoms with Crippen LogP contribution < -0.4 is 5.32 Å². The Morgan fingerprint density at radius 1 is 1.16 bits per heavy atom. The molecule has 0 aliphatic carbocycles. The second-order valence-electron chi connectivity index (χ2n) is 7.05. The smallest absolute Gasteiger partial charge is 0.242 e. The van der Waals surface area contributed by atoms with E-state index in [-0.39, 0.29) is 23.6 Å². The zero-order chi connectivity index (χ0) is 22.8. The SMILES string of the molecule is Cc1ccc(S(=O)(=O)N(C)C)cc1NC(=O)CCc1ncc(-c2ccc(Cl)cc2Cl)o1. The zero-order valence-electron chi connectivity index (χ0n) is 17.1. The quantitative estimate of drug-likeness (QED) is 0.524. The highest BCUT2D eigenvalue weighted by Gasteiger charge is 2.19. The summed E-state index contributed by atoms with van der Waals surface area (Å²) >= 11 is 12.1. The number of oxazole rings is 1. The summed E-state index contributed by atoms with van der Waals surface area (Å²) in [6.45, 7) is 1.79. The summed E-state index contributed by atoms with van der Waals surface area (Å²) in [6, 6.07) is 9.67. The number of amides is 1. The zero-order valence-corrected chi connectivity index (χ0v) is 19.5. The van der Waals surface area contributed by atoms with Crippen LogP contribution in [0.15, 0.2) is 51.9 Å². The van der Waals surface area contributed by atoms with Crippen LogP contribution in [0.4, 0.5) is 5.69 Å². The number of rotatable bonds is 7. The fourth-order valence-electron chi connectivity index (χ4n) is 2.78. The number of hydrogen-bond donors (Lipinski definition) is 1. The fraction of sp³-hybridized carbons (Fsp3) is 0.238. The van der Waals surface area contributed by atoms with Crippen molar-refractivity contribution in [2.75, 3.05) is 19.4 Å². The molecule has 0 saturated carbocycles. The minimum absolute atomic E-state index is 0.107. The first-order valence-corrected chi connectivity index (χ1v) is 11.5. The number of carbonyl (C=O) groups is 1. The molecule has 0 aliphatic rings. The first-order valence-electron chi connectivity index (χ1n) is 9.31. The Morgan fingerprint density at radius 2 is 1.90 bits per heavy atom. The van der Waals surface area contributed by atoms with E-state index in [1.165, 1.54) is 26.2 Å². The molecule has 1 amide bonds. The molecular formula is C21H21Cl2N3O4S. The van der Waals surface area contributed by atoms with E-state index in [0.717, 1.165) is 9.87 Å². The third-order valence-electron chi connectivity index (χ3n) is 4.58. The first-order chi connectivity index (χ1) is 14.6. The molecule has 1 heterocycles. The highest BCUT2D eigenvalue weighted by Crippen LogP contribution is 2.31. The molecule has 0 fully saturated rings. The van der Waals surface area contributed by atoms with Gasteiger partial charge in [-0.2, -0.15) is 0 Å². The van der Waals surface area contributed by atoms with Gasteiger partial charge in [0.05, 0.1) is 16.1 Å². The minimum Gasteiger partial charge on any atom is -0.441 e. The molecule has 3 rings (SSSR count). The molecule has 0 bridgehead atoms. The molecule has 1 N–H and O–H groups in total. The number of hydrogen-bond acceptors (Lipinski definition) is 5. The highest BCUT2D eigenvalue weighted by atomic mass is 35.5. The van der Waals surface area contributed by atoms with Crippen molar-refractivity contribution in [2.24, 2.45) is 0 Å². The molecular weight excluding hydrogens is 461 g/mol. The summed E-state index contributed by atoms with van der Waals surface area (Å²) in [7, 11) is -0.692. The van der Waals surface area contributed by atoms with E-state index in [1.54, 1.807) is 37.4 Å². The van der Waals surface area contributed by atoms with Crippen molar-refractivity contribution >= 4 is 44.8 Å². The van der Waals surface area contributed by atoms with Crippen molar-refractivity contribution in [3.05, 3.63) is 64.1 Å². The summed E-state index contributed by atoms with van der Waals surface area (Å²) in [5, 5.41) is 3.72. The van der Waals surface area contributed by atoms with E-state index >= 15 is 0 Å². The van der Waals surface area contributed by atoms with Crippen LogP contribution in [0, 0.1) is 6.92 Å². The Hall–Kier alpha value is -2.39. The minimum atomic E-state index is -3.60. The van der Waals surface area contributed by atoms with Gasteiger partial charge in [-0.05, 0) is 42.8 Å². The second kappa shape index (κ2) is 9.40. The molecule has 0 unspecified atom stereocenters. The maximum Gasteiger partial charge on any atom is 0.242 e. The maximum atomic E-state index is 12.4. The van der Waals surface area contributed by atoms with Gasteiger partial charge in [-0.15, -0.1) is 0 Å². The Kier molecular flexibility index (Phi) is 7.06. The topological polar surface area (TPSA) is 92.5 Å². The Bertz CT molecular complexity index is 1220. The van der Waals surface area contributed by atoms with Gasteiger partial charge in [0.25, 0.3) is 0 Å². The predicted molar refractivity (Wildman–Crippen MR) is 121 cm³/mol. The Morgan fingerprint density at radius 3 is 2.58 bits per heavy atom. The average Bonchev–Trinajstić information content (AvgIpc) is 3.16. The van der Waals surface area contributed by atoms with E-state index in [4.69, 9.17) is 27.6 Å². The maximum absolute atomic E-state index is 12.4. The number of nitrogens with zero attached hydrogens (tertiary/aromatic N) is 2. The van der Waals surface area contributed by atoms with Crippen LogP contribution in [0.25, 0.3) is 11.3 Å². The standard InChI is InChI=1S/C21H21Cl2N3O4S/c1-13-4-6-15(31(28,29)26(2)3)11-18(13)25-20(27)8-9-21-24-12-19(30-21)16-7-5-14(22)10-17(16)23/h4-7,10-12H,8-9H2,1-3H3,(H,25,27). The van der Waals surface area contributed by atoms with Gasteiger partial charge in [-0.1, -0.05) is 29.3 Å². The lowest BCUT2D eigenvalue weighted by atomic mass is 10.2. The molecule has 0 saturated heterocycles. The molecule has 164 valence electrons. The van der Waals surface area contributed by atoms with E-state index < -0.39 is 10.0 Å². The van der Waals surface area contributed by atoms with Gasteiger partial charge < -0.3 is 9.73 Å². The molecule has 1 aromatic heterocycles. The summed E-state index contributed by atoms with van der Waals surface area (Å²) in [4.78, 5) is 16.7. The number of aryl methyl sites for hydroxylation is 2. The van der Waals surface area contributed by atoms with Gasteiger partial charge in [0.2, 0.25) is 15.9 Å². The van der Waals surface area contributed by atoms with Crippen molar-refractivity contribution < 1.29 is 17.6 Å². The number of nitrogens with one attached hydrogen (secondary N) is 1. The Labute approximate surface area is 191 Å². The van der Waals surface area contributed by atoms with Gasteiger partial charge in [-0.3, -0.25) is 4.79 Å². The number of sulfonamides is 1. The molecule has 10 heteroatoms. The number of carbonyl (C=O) groups excluding carboxylic acids is 1. The van der Waals surface area contributed by atoms with Crippen LogP contribution in [0.3, 0.4) is 0 Å². The van der Waals surface area contributed by atoms with Crippen molar-refractivity contribution in [1.82, 2.24) is 9.29 Å². The van der Waals surface area contributed by atoms with Crippen molar-refractivity contribution in [3.63, 3.8) is 0 Å². The summed E-state index contributed by atoms with van der Waals surface area (Å²) < 4.78 is 31.5. The van der Waals surface area contributed by atoms with E-state index in [0.29, 0.717) is 32.9 Å². The molecule has 2 aromatic carbocycles. The van der Waals surface area contributed by atoms with Crippen LogP contribution in [0.2, 0.25) is 10.0 Å². The van der Waals surface area contributed by atoms with Gasteiger partial charge >= 0.3 is 0 Å². The predicted octanol–water partition coefficient (Wildman–Crippen LogP) is 4.78. The largest absolute Gasteiger partial charge is 0.441 e. The van der Waals surface area contributed by atoms with Gasteiger partial charge in [-0.25, -0.2) is 17.7 Å². The lowest BCUT2D eigenvalue weighted by molar-refractivity contribution is -0.116. The van der Waals surface area contributed by atoms with E-state index in [9.17, 15) is 13.2 Å². The fourth-order valence-corrected chi connectivity index (χ4v) is 4.21. The average molecular weight is 482 g/mol. The normalized spacial score (nSPS) is 11.7. The Balaban J connectivity index is 1.67.